The number of nitriles is 1. The Kier molecular flexibility index (Phi) is 5.05. The molecule has 0 aromatic carbocycles. The van der Waals surface area contributed by atoms with E-state index in [0.717, 1.165) is 6.42 Å². The van der Waals surface area contributed by atoms with Gasteiger partial charge in [0, 0.05) is 18.4 Å². The molecule has 0 spiro atoms. The van der Waals surface area contributed by atoms with Crippen molar-refractivity contribution in [1.29, 1.82) is 5.26 Å². The van der Waals surface area contributed by atoms with E-state index >= 15 is 0 Å². The predicted molar refractivity (Wildman–Crippen MR) is 93.3 cm³/mol. The van der Waals surface area contributed by atoms with Crippen LogP contribution < -0.4 is 5.32 Å². The van der Waals surface area contributed by atoms with E-state index in [2.05, 4.69) is 40.2 Å². The van der Waals surface area contributed by atoms with Gasteiger partial charge in [0.2, 0.25) is 5.95 Å². The van der Waals surface area contributed by atoms with Crippen LogP contribution in [0.1, 0.15) is 50.4 Å². The molecule has 1 aliphatic carbocycles. The molecule has 1 saturated carbocycles. The van der Waals surface area contributed by atoms with Crippen LogP contribution in [-0.2, 0) is 0 Å². The van der Waals surface area contributed by atoms with Crippen molar-refractivity contribution < 1.29 is 0 Å². The first-order chi connectivity index (χ1) is 11.7. The summed E-state index contributed by atoms with van der Waals surface area (Å²) < 4.78 is 0. The summed E-state index contributed by atoms with van der Waals surface area (Å²) in [6.07, 6.45) is 7.08. The number of aromatic nitrogens is 3. The monoisotopic (exact) mass is 321 g/mol. The Hall–Kier alpha value is -2.48. The molecule has 0 amide bonds. The molecule has 0 saturated heterocycles. The number of anilines is 1. The predicted octanol–water partition coefficient (Wildman–Crippen LogP) is 3.76. The third kappa shape index (κ3) is 3.53. The molecule has 1 N–H and O–H groups in total. The summed E-state index contributed by atoms with van der Waals surface area (Å²) in [5.74, 6) is 1.43. The average molecular weight is 321 g/mol. The van der Waals surface area contributed by atoms with Gasteiger partial charge in [-0.05, 0) is 36.5 Å². The van der Waals surface area contributed by atoms with Gasteiger partial charge >= 0.3 is 0 Å². The van der Waals surface area contributed by atoms with Gasteiger partial charge in [-0.2, -0.15) is 5.26 Å². The smallest absolute Gasteiger partial charge is 0.223 e. The summed E-state index contributed by atoms with van der Waals surface area (Å²) in [6.45, 7) is 4.60. The maximum Gasteiger partial charge on any atom is 0.223 e. The molecule has 24 heavy (non-hydrogen) atoms. The number of nitrogens with zero attached hydrogens (tertiary/aromatic N) is 4. The first kappa shape index (κ1) is 16.4. The first-order valence-corrected chi connectivity index (χ1v) is 8.59. The van der Waals surface area contributed by atoms with Crippen molar-refractivity contribution in [2.24, 2.45) is 11.8 Å². The minimum atomic E-state index is -0.475. The van der Waals surface area contributed by atoms with Crippen molar-refractivity contribution in [2.75, 3.05) is 5.32 Å². The van der Waals surface area contributed by atoms with E-state index in [1.807, 2.05) is 18.2 Å². The summed E-state index contributed by atoms with van der Waals surface area (Å²) in [6, 6.07) is 10.1. The minimum absolute atomic E-state index is 0.388. The fraction of sp³-hybridized carbons (Fsp3) is 0.474. The number of hydrogen-bond donors (Lipinski definition) is 1. The lowest BCUT2D eigenvalue weighted by molar-refractivity contribution is 0.252. The van der Waals surface area contributed by atoms with Crippen LogP contribution >= 0.6 is 0 Å². The average Bonchev–Trinajstić information content (AvgIpc) is 2.61. The van der Waals surface area contributed by atoms with Gasteiger partial charge in [0.1, 0.15) is 5.92 Å². The van der Waals surface area contributed by atoms with Gasteiger partial charge < -0.3 is 5.32 Å². The molecule has 1 fully saturated rings. The molecular weight excluding hydrogens is 298 g/mol. The van der Waals surface area contributed by atoms with Gasteiger partial charge in [-0.1, -0.05) is 32.8 Å². The van der Waals surface area contributed by atoms with E-state index in [-0.39, 0.29) is 0 Å². The molecule has 3 rings (SSSR count). The second kappa shape index (κ2) is 7.39. The van der Waals surface area contributed by atoms with E-state index in [1.165, 1.54) is 12.8 Å². The highest BCUT2D eigenvalue weighted by atomic mass is 15.1. The zero-order valence-electron chi connectivity index (χ0n) is 14.2. The molecule has 0 radical (unpaired) electrons. The molecule has 5 heteroatoms. The Morgan fingerprint density at radius 1 is 1.12 bits per heavy atom. The highest BCUT2D eigenvalue weighted by Crippen LogP contribution is 2.31. The van der Waals surface area contributed by atoms with E-state index in [1.54, 1.807) is 18.5 Å². The third-order valence-corrected chi connectivity index (χ3v) is 5.11. The van der Waals surface area contributed by atoms with Gasteiger partial charge in [-0.15, -0.1) is 0 Å². The number of hydrogen-bond acceptors (Lipinski definition) is 5. The van der Waals surface area contributed by atoms with E-state index < -0.39 is 5.92 Å². The Bertz CT molecular complexity index is 709. The summed E-state index contributed by atoms with van der Waals surface area (Å²) >= 11 is 0. The van der Waals surface area contributed by atoms with Crippen LogP contribution in [0.15, 0.2) is 36.7 Å². The minimum Gasteiger partial charge on any atom is -0.351 e. The quantitative estimate of drug-likeness (QED) is 0.928. The van der Waals surface area contributed by atoms with Gasteiger partial charge in [0.15, 0.2) is 0 Å². The van der Waals surface area contributed by atoms with Crippen molar-refractivity contribution in [3.8, 4) is 6.07 Å². The molecule has 1 aliphatic rings. The van der Waals surface area contributed by atoms with Crippen molar-refractivity contribution in [1.82, 2.24) is 15.0 Å². The summed E-state index contributed by atoms with van der Waals surface area (Å²) in [5, 5.41) is 13.0. The van der Waals surface area contributed by atoms with E-state index in [0.29, 0.717) is 35.2 Å². The summed E-state index contributed by atoms with van der Waals surface area (Å²) in [5.41, 5.74) is 1.40. The lowest BCUT2D eigenvalue weighted by Gasteiger charge is -2.34. The van der Waals surface area contributed by atoms with Crippen LogP contribution in [0.25, 0.3) is 0 Å². The van der Waals surface area contributed by atoms with Gasteiger partial charge in [0.25, 0.3) is 0 Å². The van der Waals surface area contributed by atoms with Crippen molar-refractivity contribution >= 4 is 5.95 Å². The lowest BCUT2D eigenvalue weighted by Crippen LogP contribution is -2.35. The van der Waals surface area contributed by atoms with Crippen LogP contribution in [0.2, 0.25) is 0 Å². The highest BCUT2D eigenvalue weighted by molar-refractivity contribution is 5.34. The standard InChI is InChI=1S/C19H23N5/c1-13-6-5-8-16(14(13)2)23-19-22-11-9-18(24-19)15(12-20)17-7-3-4-10-21-17/h3-4,7,9-11,13-16H,5-6,8H2,1-2H3,(H,22,23,24). The van der Waals surface area contributed by atoms with Gasteiger partial charge in [0.05, 0.1) is 17.5 Å². The van der Waals surface area contributed by atoms with Crippen LogP contribution in [0.5, 0.6) is 0 Å². The SMILES string of the molecule is CC1CCCC(Nc2nccc(C(C#N)c3ccccn3)n2)C1C. The second-order valence-electron chi connectivity index (χ2n) is 6.64. The van der Waals surface area contributed by atoms with Crippen LogP contribution in [0.4, 0.5) is 5.95 Å². The topological polar surface area (TPSA) is 74.5 Å². The van der Waals surface area contributed by atoms with E-state index in [4.69, 9.17) is 0 Å². The molecular formula is C19H23N5. The van der Waals surface area contributed by atoms with Crippen molar-refractivity contribution in [3.63, 3.8) is 0 Å². The first-order valence-electron chi connectivity index (χ1n) is 8.59. The zero-order valence-corrected chi connectivity index (χ0v) is 14.2. The fourth-order valence-corrected chi connectivity index (χ4v) is 3.39. The maximum atomic E-state index is 9.55. The van der Waals surface area contributed by atoms with Gasteiger partial charge in [-0.25, -0.2) is 9.97 Å². The molecule has 4 unspecified atom stereocenters. The van der Waals surface area contributed by atoms with Crippen molar-refractivity contribution in [3.05, 3.63) is 48.0 Å². The normalized spacial score (nSPS) is 24.8. The molecule has 2 heterocycles. The lowest BCUT2D eigenvalue weighted by atomic mass is 9.78. The Morgan fingerprint density at radius 3 is 2.75 bits per heavy atom. The Labute approximate surface area is 143 Å². The second-order valence-corrected chi connectivity index (χ2v) is 6.64. The van der Waals surface area contributed by atoms with Crippen molar-refractivity contribution in [2.45, 2.75) is 45.1 Å². The fourth-order valence-electron chi connectivity index (χ4n) is 3.39. The highest BCUT2D eigenvalue weighted by Gasteiger charge is 2.27. The maximum absolute atomic E-state index is 9.55. The molecule has 0 aliphatic heterocycles. The zero-order chi connectivity index (χ0) is 16.9. The van der Waals surface area contributed by atoms with Crippen LogP contribution in [-0.4, -0.2) is 21.0 Å². The summed E-state index contributed by atoms with van der Waals surface area (Å²) in [4.78, 5) is 13.2. The van der Waals surface area contributed by atoms with Crippen LogP contribution in [0, 0.1) is 23.2 Å². The number of nitrogens with one attached hydrogen (secondary N) is 1. The largest absolute Gasteiger partial charge is 0.351 e. The Morgan fingerprint density at radius 2 is 2.00 bits per heavy atom. The molecule has 124 valence electrons. The molecule has 5 nitrogen and oxygen atoms in total. The molecule has 2 aromatic heterocycles. The Balaban J connectivity index is 1.80. The number of rotatable bonds is 4. The van der Waals surface area contributed by atoms with Crippen LogP contribution in [0.3, 0.4) is 0 Å². The number of pyridine rings is 1. The molecule has 2 aromatic rings. The third-order valence-electron chi connectivity index (χ3n) is 5.11. The van der Waals surface area contributed by atoms with E-state index in [9.17, 15) is 5.26 Å². The molecule has 4 atom stereocenters. The molecule has 0 bridgehead atoms. The van der Waals surface area contributed by atoms with Gasteiger partial charge in [-0.3, -0.25) is 4.98 Å². The summed E-state index contributed by atoms with van der Waals surface area (Å²) in [7, 11) is 0.